The maximum atomic E-state index is 14.4. The highest BCUT2D eigenvalue weighted by molar-refractivity contribution is 5.82. The second kappa shape index (κ2) is 6.62. The fraction of sp³-hybridized carbons (Fsp3) is 0.923. The number of methoxy groups -OCH3 is 1. The van der Waals surface area contributed by atoms with E-state index in [0.29, 0.717) is 0 Å². The van der Waals surface area contributed by atoms with Crippen molar-refractivity contribution < 1.29 is 62.6 Å². The lowest BCUT2D eigenvalue weighted by atomic mass is 9.84. The summed E-state index contributed by atoms with van der Waals surface area (Å²) < 4.78 is 155. The summed E-state index contributed by atoms with van der Waals surface area (Å²) in [7, 11) is 0.219. The van der Waals surface area contributed by atoms with Crippen molar-refractivity contribution in [1.29, 1.82) is 0 Å². The summed E-state index contributed by atoms with van der Waals surface area (Å²) >= 11 is 0. The van der Waals surface area contributed by atoms with E-state index in [1.165, 1.54) is 0 Å². The molecule has 0 aromatic heterocycles. The van der Waals surface area contributed by atoms with Crippen LogP contribution in [0, 0.1) is 0 Å². The molecule has 0 amide bonds. The Hall–Kier alpha value is -1.34. The van der Waals surface area contributed by atoms with E-state index in [4.69, 9.17) is 0 Å². The van der Waals surface area contributed by atoms with Crippen molar-refractivity contribution in [3.63, 3.8) is 0 Å². The Balaban J connectivity index is 6.55. The van der Waals surface area contributed by atoms with E-state index in [9.17, 15) is 53.1 Å². The summed E-state index contributed by atoms with van der Waals surface area (Å²) in [5.41, 5.74) is -20.3. The van der Waals surface area contributed by atoms with E-state index in [2.05, 4.69) is 9.47 Å². The molecule has 0 N–H and O–H groups in total. The fourth-order valence-electron chi connectivity index (χ4n) is 2.15. The normalized spacial score (nSPS) is 19.3. The van der Waals surface area contributed by atoms with Crippen LogP contribution in [0.15, 0.2) is 0 Å². The molecule has 2 atom stereocenters. The standard InChI is InChI=1S/C13H15F11O3/c1-7(2,14)10(16,12(20,21)22)13(23,24)27-8(3,4)9(15,6(25)26-5)11(17,18)19/h1-5H3. The van der Waals surface area contributed by atoms with Crippen molar-refractivity contribution in [2.75, 3.05) is 7.11 Å². The highest BCUT2D eigenvalue weighted by Crippen LogP contribution is 2.56. The summed E-state index contributed by atoms with van der Waals surface area (Å²) in [6, 6.07) is 0. The number of halogens is 11. The average Bonchev–Trinajstić information content (AvgIpc) is 2.39. The van der Waals surface area contributed by atoms with Crippen molar-refractivity contribution in [2.24, 2.45) is 0 Å². The first-order valence-electron chi connectivity index (χ1n) is 6.80. The van der Waals surface area contributed by atoms with Crippen LogP contribution in [0.4, 0.5) is 48.3 Å². The molecule has 14 heteroatoms. The highest BCUT2D eigenvalue weighted by Gasteiger charge is 2.83. The van der Waals surface area contributed by atoms with Crippen LogP contribution in [0.1, 0.15) is 27.7 Å². The van der Waals surface area contributed by atoms with Crippen LogP contribution in [0.3, 0.4) is 0 Å². The van der Waals surface area contributed by atoms with Gasteiger partial charge in [-0.3, -0.25) is 0 Å². The second-order valence-corrected chi connectivity index (χ2v) is 6.41. The van der Waals surface area contributed by atoms with Crippen LogP contribution in [0.5, 0.6) is 0 Å². The summed E-state index contributed by atoms with van der Waals surface area (Å²) in [5, 5.41) is 0. The van der Waals surface area contributed by atoms with Gasteiger partial charge in [0.25, 0.3) is 0 Å². The van der Waals surface area contributed by atoms with Gasteiger partial charge >= 0.3 is 35.8 Å². The van der Waals surface area contributed by atoms with Crippen molar-refractivity contribution in [1.82, 2.24) is 0 Å². The SMILES string of the molecule is COC(=O)C(F)(C(F)(F)F)C(C)(C)OC(F)(F)C(F)(C(C)(C)F)C(F)(F)F. The molecule has 0 heterocycles. The highest BCUT2D eigenvalue weighted by atomic mass is 19.4. The van der Waals surface area contributed by atoms with Crippen LogP contribution in [-0.4, -0.2) is 54.1 Å². The molecule has 0 aliphatic carbocycles. The number of alkyl halides is 11. The van der Waals surface area contributed by atoms with Gasteiger partial charge in [-0.05, 0) is 27.7 Å². The van der Waals surface area contributed by atoms with Crippen LogP contribution in [-0.2, 0) is 14.3 Å². The number of carbonyl (C=O) groups excluding carboxylic acids is 1. The summed E-state index contributed by atoms with van der Waals surface area (Å²) in [6.45, 7) is -0.963. The van der Waals surface area contributed by atoms with Gasteiger partial charge in [-0.1, -0.05) is 0 Å². The number of carbonyl (C=O) groups is 1. The monoisotopic (exact) mass is 428 g/mol. The minimum absolute atomic E-state index is 0.201. The molecule has 27 heavy (non-hydrogen) atoms. The minimum atomic E-state index is -6.70. The Bertz CT molecular complexity index is 545. The van der Waals surface area contributed by atoms with E-state index in [-0.39, 0.29) is 34.8 Å². The molecule has 0 radical (unpaired) electrons. The molecular formula is C13H15F11O3. The average molecular weight is 428 g/mol. The van der Waals surface area contributed by atoms with Gasteiger partial charge < -0.3 is 9.47 Å². The molecule has 162 valence electrons. The molecule has 0 saturated heterocycles. The first-order valence-corrected chi connectivity index (χ1v) is 6.80. The van der Waals surface area contributed by atoms with E-state index in [1.807, 2.05) is 0 Å². The fourth-order valence-corrected chi connectivity index (χ4v) is 2.15. The van der Waals surface area contributed by atoms with Crippen molar-refractivity contribution in [3.05, 3.63) is 0 Å². The Morgan fingerprint density at radius 2 is 1.07 bits per heavy atom. The van der Waals surface area contributed by atoms with Gasteiger partial charge in [0, 0.05) is 0 Å². The molecule has 0 saturated carbocycles. The van der Waals surface area contributed by atoms with Crippen LogP contribution in [0.25, 0.3) is 0 Å². The van der Waals surface area contributed by atoms with Crippen molar-refractivity contribution in [2.45, 2.75) is 68.8 Å². The number of esters is 1. The third-order valence-electron chi connectivity index (χ3n) is 3.68. The van der Waals surface area contributed by atoms with Gasteiger partial charge in [0.1, 0.15) is 5.60 Å². The number of rotatable bonds is 6. The summed E-state index contributed by atoms with van der Waals surface area (Å²) in [6.07, 6.45) is -19.4. The predicted molar refractivity (Wildman–Crippen MR) is 67.1 cm³/mol. The largest absolute Gasteiger partial charge is 0.466 e. The molecule has 0 spiro atoms. The predicted octanol–water partition coefficient (Wildman–Crippen LogP) is 4.84. The molecule has 0 aromatic carbocycles. The van der Waals surface area contributed by atoms with E-state index < -0.39 is 47.0 Å². The van der Waals surface area contributed by atoms with Crippen LogP contribution >= 0.6 is 0 Å². The van der Waals surface area contributed by atoms with Crippen LogP contribution in [0.2, 0.25) is 0 Å². The number of ether oxygens (including phenoxy) is 2. The third-order valence-corrected chi connectivity index (χ3v) is 3.68. The smallest absolute Gasteiger partial charge is 0.436 e. The first kappa shape index (κ1) is 25.7. The first-order chi connectivity index (χ1) is 11.4. The minimum Gasteiger partial charge on any atom is -0.466 e. The molecule has 0 rings (SSSR count). The lowest BCUT2D eigenvalue weighted by Gasteiger charge is -2.45. The van der Waals surface area contributed by atoms with E-state index >= 15 is 0 Å². The van der Waals surface area contributed by atoms with E-state index in [0.717, 1.165) is 0 Å². The summed E-state index contributed by atoms with van der Waals surface area (Å²) in [4.78, 5) is 11.2. The molecule has 0 aromatic rings. The van der Waals surface area contributed by atoms with Crippen molar-refractivity contribution >= 4 is 5.97 Å². The molecule has 0 bridgehead atoms. The zero-order valence-corrected chi connectivity index (χ0v) is 14.4. The zero-order chi connectivity index (χ0) is 22.5. The Morgan fingerprint density at radius 1 is 0.704 bits per heavy atom. The Kier molecular flexibility index (Phi) is 6.29. The van der Waals surface area contributed by atoms with E-state index in [1.54, 1.807) is 0 Å². The van der Waals surface area contributed by atoms with Gasteiger partial charge in [0.15, 0.2) is 5.67 Å². The lowest BCUT2D eigenvalue weighted by molar-refractivity contribution is -0.439. The van der Waals surface area contributed by atoms with Gasteiger partial charge in [0.05, 0.1) is 7.11 Å². The van der Waals surface area contributed by atoms with Crippen LogP contribution < -0.4 is 0 Å². The van der Waals surface area contributed by atoms with Gasteiger partial charge in [-0.2, -0.15) is 35.1 Å². The number of hydrogen-bond acceptors (Lipinski definition) is 3. The third kappa shape index (κ3) is 3.81. The van der Waals surface area contributed by atoms with Crippen molar-refractivity contribution in [3.8, 4) is 0 Å². The maximum Gasteiger partial charge on any atom is 0.436 e. The number of hydrogen-bond donors (Lipinski definition) is 0. The maximum absolute atomic E-state index is 14.4. The molecule has 2 unspecified atom stereocenters. The topological polar surface area (TPSA) is 35.5 Å². The summed E-state index contributed by atoms with van der Waals surface area (Å²) in [5.74, 6) is -2.85. The quantitative estimate of drug-likeness (QED) is 0.449. The Morgan fingerprint density at radius 3 is 1.30 bits per heavy atom. The van der Waals surface area contributed by atoms with Gasteiger partial charge in [-0.25, -0.2) is 18.0 Å². The Labute approximate surface area is 145 Å². The van der Waals surface area contributed by atoms with Gasteiger partial charge in [-0.15, -0.1) is 0 Å². The molecule has 0 fully saturated rings. The zero-order valence-electron chi connectivity index (χ0n) is 14.4. The molecular weight excluding hydrogens is 413 g/mol. The molecule has 0 aliphatic rings. The second-order valence-electron chi connectivity index (χ2n) is 6.41. The molecule has 3 nitrogen and oxygen atoms in total. The molecule has 0 aliphatic heterocycles. The lowest BCUT2D eigenvalue weighted by Crippen LogP contribution is -2.71. The van der Waals surface area contributed by atoms with Gasteiger partial charge in [0.2, 0.25) is 0 Å².